The van der Waals surface area contributed by atoms with Crippen molar-refractivity contribution in [1.29, 1.82) is 0 Å². The summed E-state index contributed by atoms with van der Waals surface area (Å²) in [5, 5.41) is 0. The largest absolute Gasteiger partial charge is 0.496 e. The fourth-order valence-corrected chi connectivity index (χ4v) is 2.18. The van der Waals surface area contributed by atoms with Gasteiger partial charge >= 0.3 is 0 Å². The second-order valence-electron chi connectivity index (χ2n) is 6.48. The van der Waals surface area contributed by atoms with Crippen molar-refractivity contribution in [3.63, 3.8) is 0 Å². The number of aryl methyl sites for hydroxylation is 1. The lowest BCUT2D eigenvalue weighted by molar-refractivity contribution is 0.328. The van der Waals surface area contributed by atoms with Gasteiger partial charge in [-0.05, 0) is 43.2 Å². The van der Waals surface area contributed by atoms with Crippen LogP contribution in [0.1, 0.15) is 44.7 Å². The summed E-state index contributed by atoms with van der Waals surface area (Å²) < 4.78 is 5.42. The van der Waals surface area contributed by atoms with E-state index in [1.807, 2.05) is 6.07 Å². The van der Waals surface area contributed by atoms with Gasteiger partial charge in [0.05, 0.1) is 7.11 Å². The summed E-state index contributed by atoms with van der Waals surface area (Å²) in [5.41, 5.74) is 5.75. The number of rotatable bonds is 6. The molecule has 1 aromatic carbocycles. The number of nitrogens with two attached hydrogens (primary N) is 1. The molecular weight excluding hydrogens is 236 g/mol. The zero-order valence-electron chi connectivity index (χ0n) is 12.9. The Bertz CT molecular complexity index is 396. The van der Waals surface area contributed by atoms with Gasteiger partial charge in [0, 0.05) is 6.04 Å². The SMILES string of the molecule is COc1ccc(C)cc1CC(CCC(C)(C)C)NN. The molecule has 1 rings (SSSR count). The monoisotopic (exact) mass is 264 g/mol. The van der Waals surface area contributed by atoms with Crippen molar-refractivity contribution in [2.45, 2.75) is 53.0 Å². The molecule has 1 atom stereocenters. The van der Waals surface area contributed by atoms with Crippen molar-refractivity contribution in [1.82, 2.24) is 5.43 Å². The molecule has 1 unspecified atom stereocenters. The van der Waals surface area contributed by atoms with Crippen LogP contribution in [-0.4, -0.2) is 13.2 Å². The van der Waals surface area contributed by atoms with Gasteiger partial charge in [-0.25, -0.2) is 0 Å². The van der Waals surface area contributed by atoms with Gasteiger partial charge in [-0.2, -0.15) is 0 Å². The molecule has 3 nitrogen and oxygen atoms in total. The molecule has 1 aromatic rings. The normalized spacial score (nSPS) is 13.4. The van der Waals surface area contributed by atoms with E-state index in [0.29, 0.717) is 5.41 Å². The molecule has 0 radical (unpaired) electrons. The van der Waals surface area contributed by atoms with E-state index in [9.17, 15) is 0 Å². The number of benzene rings is 1. The highest BCUT2D eigenvalue weighted by molar-refractivity contribution is 5.37. The van der Waals surface area contributed by atoms with E-state index in [0.717, 1.165) is 25.0 Å². The Balaban J connectivity index is 2.72. The maximum atomic E-state index is 5.69. The van der Waals surface area contributed by atoms with Crippen LogP contribution in [0.15, 0.2) is 18.2 Å². The second kappa shape index (κ2) is 6.92. The van der Waals surface area contributed by atoms with Crippen molar-refractivity contribution in [3.8, 4) is 5.75 Å². The summed E-state index contributed by atoms with van der Waals surface area (Å²) in [5.74, 6) is 6.63. The summed E-state index contributed by atoms with van der Waals surface area (Å²) in [6.07, 6.45) is 3.12. The molecule has 0 fully saturated rings. The molecule has 0 heterocycles. The van der Waals surface area contributed by atoms with Crippen LogP contribution >= 0.6 is 0 Å². The summed E-state index contributed by atoms with van der Waals surface area (Å²) in [7, 11) is 1.72. The molecule has 3 heteroatoms. The lowest BCUT2D eigenvalue weighted by Gasteiger charge is -2.23. The van der Waals surface area contributed by atoms with E-state index in [1.165, 1.54) is 11.1 Å². The Labute approximate surface area is 117 Å². The van der Waals surface area contributed by atoms with Crippen molar-refractivity contribution in [3.05, 3.63) is 29.3 Å². The molecule has 0 aromatic heterocycles. The van der Waals surface area contributed by atoms with Gasteiger partial charge in [0.2, 0.25) is 0 Å². The van der Waals surface area contributed by atoms with Gasteiger partial charge in [0.15, 0.2) is 0 Å². The minimum absolute atomic E-state index is 0.287. The topological polar surface area (TPSA) is 47.3 Å². The zero-order chi connectivity index (χ0) is 14.5. The molecule has 0 spiro atoms. The first-order valence-electron chi connectivity index (χ1n) is 6.95. The highest BCUT2D eigenvalue weighted by Crippen LogP contribution is 2.25. The Hall–Kier alpha value is -1.06. The minimum atomic E-state index is 0.287. The summed E-state index contributed by atoms with van der Waals surface area (Å²) in [6.45, 7) is 8.87. The summed E-state index contributed by atoms with van der Waals surface area (Å²) >= 11 is 0. The maximum absolute atomic E-state index is 5.69. The van der Waals surface area contributed by atoms with Crippen molar-refractivity contribution >= 4 is 0 Å². The molecule has 19 heavy (non-hydrogen) atoms. The highest BCUT2D eigenvalue weighted by Gasteiger charge is 2.16. The van der Waals surface area contributed by atoms with E-state index in [1.54, 1.807) is 7.11 Å². The number of hydrazine groups is 1. The number of methoxy groups -OCH3 is 1. The molecule has 0 aliphatic heterocycles. The zero-order valence-corrected chi connectivity index (χ0v) is 12.9. The average Bonchev–Trinajstić information content (AvgIpc) is 2.33. The van der Waals surface area contributed by atoms with Gasteiger partial charge in [0.1, 0.15) is 5.75 Å². The molecule has 3 N–H and O–H groups in total. The molecule has 0 saturated carbocycles. The second-order valence-corrected chi connectivity index (χ2v) is 6.48. The lowest BCUT2D eigenvalue weighted by atomic mass is 9.87. The van der Waals surface area contributed by atoms with E-state index in [4.69, 9.17) is 10.6 Å². The van der Waals surface area contributed by atoms with Crippen molar-refractivity contribution in [2.75, 3.05) is 7.11 Å². The molecular formula is C16H28N2O. The van der Waals surface area contributed by atoms with Crippen LogP contribution in [0.2, 0.25) is 0 Å². The van der Waals surface area contributed by atoms with Crippen LogP contribution in [0.4, 0.5) is 0 Å². The molecule has 0 aliphatic rings. The number of hydrogen-bond acceptors (Lipinski definition) is 3. The van der Waals surface area contributed by atoms with E-state index >= 15 is 0 Å². The average molecular weight is 264 g/mol. The first-order chi connectivity index (χ1) is 8.85. The van der Waals surface area contributed by atoms with Crippen LogP contribution in [0.3, 0.4) is 0 Å². The van der Waals surface area contributed by atoms with Gasteiger partial charge < -0.3 is 4.74 Å². The Morgan fingerprint density at radius 3 is 2.53 bits per heavy atom. The molecule has 0 bridgehead atoms. The Kier molecular flexibility index (Phi) is 5.83. The van der Waals surface area contributed by atoms with Crippen molar-refractivity contribution < 1.29 is 4.74 Å². The minimum Gasteiger partial charge on any atom is -0.496 e. The summed E-state index contributed by atoms with van der Waals surface area (Å²) in [4.78, 5) is 0. The fourth-order valence-electron chi connectivity index (χ4n) is 2.18. The quantitative estimate of drug-likeness (QED) is 0.612. The Morgan fingerprint density at radius 2 is 2.00 bits per heavy atom. The van der Waals surface area contributed by atoms with Crippen LogP contribution in [0, 0.1) is 12.3 Å². The standard InChI is InChI=1S/C16H28N2O/c1-12-6-7-15(19-5)13(10-12)11-14(18-17)8-9-16(2,3)4/h6-7,10,14,18H,8-9,11,17H2,1-5H3. The van der Waals surface area contributed by atoms with E-state index in [-0.39, 0.29) is 6.04 Å². The van der Waals surface area contributed by atoms with Crippen molar-refractivity contribution in [2.24, 2.45) is 11.3 Å². The van der Waals surface area contributed by atoms with Gasteiger partial charge in [0.25, 0.3) is 0 Å². The first-order valence-corrected chi connectivity index (χ1v) is 6.95. The predicted octanol–water partition coefficient (Wildman–Crippen LogP) is 3.20. The van der Waals surface area contributed by atoms with E-state index in [2.05, 4.69) is 45.3 Å². The Morgan fingerprint density at radius 1 is 1.32 bits per heavy atom. The molecule has 108 valence electrons. The molecule has 0 saturated heterocycles. The summed E-state index contributed by atoms with van der Waals surface area (Å²) in [6, 6.07) is 6.57. The molecule has 0 amide bonds. The fraction of sp³-hybridized carbons (Fsp3) is 0.625. The van der Waals surface area contributed by atoms with Gasteiger partial charge in [-0.1, -0.05) is 38.5 Å². The van der Waals surface area contributed by atoms with Crippen LogP contribution in [-0.2, 0) is 6.42 Å². The van der Waals surface area contributed by atoms with Crippen LogP contribution < -0.4 is 16.0 Å². The third-order valence-corrected chi connectivity index (χ3v) is 3.38. The highest BCUT2D eigenvalue weighted by atomic mass is 16.5. The number of hydrogen-bond donors (Lipinski definition) is 2. The molecule has 0 aliphatic carbocycles. The number of nitrogens with one attached hydrogen (secondary N) is 1. The van der Waals surface area contributed by atoms with Gasteiger partial charge in [-0.15, -0.1) is 0 Å². The first kappa shape index (κ1) is 16.0. The van der Waals surface area contributed by atoms with E-state index < -0.39 is 0 Å². The van der Waals surface area contributed by atoms with Gasteiger partial charge in [-0.3, -0.25) is 11.3 Å². The van der Waals surface area contributed by atoms with Crippen LogP contribution in [0.5, 0.6) is 5.75 Å². The third-order valence-electron chi connectivity index (χ3n) is 3.38. The maximum Gasteiger partial charge on any atom is 0.122 e. The number of ether oxygens (including phenoxy) is 1. The predicted molar refractivity (Wildman–Crippen MR) is 81.2 cm³/mol. The lowest BCUT2D eigenvalue weighted by Crippen LogP contribution is -2.37. The van der Waals surface area contributed by atoms with Crippen LogP contribution in [0.25, 0.3) is 0 Å². The smallest absolute Gasteiger partial charge is 0.122 e. The third kappa shape index (κ3) is 5.62.